The van der Waals surface area contributed by atoms with Gasteiger partial charge in [0, 0.05) is 0 Å². The topological polar surface area (TPSA) is 23.1 Å². The highest BCUT2D eigenvalue weighted by Gasteiger charge is 1.97. The van der Waals surface area contributed by atoms with E-state index in [0.717, 1.165) is 16.7 Å². The molecule has 0 aliphatic carbocycles. The first-order valence-electron chi connectivity index (χ1n) is 3.80. The van der Waals surface area contributed by atoms with E-state index in [9.17, 15) is 5.11 Å². The Kier molecular flexibility index (Phi) is 2.30. The molecule has 1 heteroatoms. The van der Waals surface area contributed by atoms with E-state index in [1.165, 1.54) is 5.56 Å². The zero-order chi connectivity index (χ0) is 8.43. The fourth-order valence-corrected chi connectivity index (χ4v) is 1.44. The van der Waals surface area contributed by atoms with Gasteiger partial charge in [-0.3, -0.25) is 0 Å². The molecule has 0 amide bonds. The number of rotatable bonds is 1. The Bertz CT molecular complexity index is 241. The maximum atomic E-state index is 10.7. The summed E-state index contributed by atoms with van der Waals surface area (Å²) in [5.74, 6) is 0. The first-order valence-corrected chi connectivity index (χ1v) is 3.80. The summed E-state index contributed by atoms with van der Waals surface area (Å²) in [4.78, 5) is 0. The van der Waals surface area contributed by atoms with E-state index in [4.69, 9.17) is 0 Å². The third kappa shape index (κ3) is 1.60. The Morgan fingerprint density at radius 1 is 1.09 bits per heavy atom. The van der Waals surface area contributed by atoms with E-state index >= 15 is 0 Å². The summed E-state index contributed by atoms with van der Waals surface area (Å²) in [7, 11) is 0. The fraction of sp³-hybridized carbons (Fsp3) is 0.400. The quantitative estimate of drug-likeness (QED) is 0.593. The van der Waals surface area contributed by atoms with Crippen molar-refractivity contribution in [3.05, 3.63) is 34.4 Å². The molecule has 1 aromatic rings. The minimum atomic E-state index is -0.0993. The van der Waals surface area contributed by atoms with Crippen LogP contribution in [0, 0.1) is 20.8 Å². The van der Waals surface area contributed by atoms with Crippen molar-refractivity contribution in [1.82, 2.24) is 0 Å². The highest BCUT2D eigenvalue weighted by molar-refractivity contribution is 5.36. The van der Waals surface area contributed by atoms with Gasteiger partial charge in [0.2, 0.25) is 0 Å². The van der Waals surface area contributed by atoms with Crippen molar-refractivity contribution < 1.29 is 5.11 Å². The van der Waals surface area contributed by atoms with Crippen LogP contribution in [0.1, 0.15) is 22.3 Å². The fourth-order valence-electron chi connectivity index (χ4n) is 1.44. The van der Waals surface area contributed by atoms with Crippen LogP contribution in [0.4, 0.5) is 0 Å². The summed E-state index contributed by atoms with van der Waals surface area (Å²) in [6.07, 6.45) is 0. The largest absolute Gasteiger partial charge is 0.851 e. The lowest BCUT2D eigenvalue weighted by atomic mass is 10.0. The molecule has 0 atom stereocenters. The number of hydrogen-bond donors (Lipinski definition) is 0. The molecule has 0 spiro atoms. The summed E-state index contributed by atoms with van der Waals surface area (Å²) in [6, 6.07) is 4.11. The molecule has 0 saturated heterocycles. The van der Waals surface area contributed by atoms with Gasteiger partial charge >= 0.3 is 0 Å². The summed E-state index contributed by atoms with van der Waals surface area (Å²) in [5, 5.41) is 10.7. The molecule has 0 aliphatic rings. The molecule has 0 heterocycles. The van der Waals surface area contributed by atoms with Crippen molar-refractivity contribution >= 4 is 0 Å². The zero-order valence-electron chi connectivity index (χ0n) is 7.27. The van der Waals surface area contributed by atoms with Gasteiger partial charge in [-0.1, -0.05) is 23.3 Å². The second-order valence-electron chi connectivity index (χ2n) is 3.02. The number of aryl methyl sites for hydroxylation is 3. The molecule has 0 radical (unpaired) electrons. The minimum absolute atomic E-state index is 0.0993. The SMILES string of the molecule is Cc1cc(C)c(C[O-])c(C)c1. The van der Waals surface area contributed by atoms with Crippen molar-refractivity contribution in [2.24, 2.45) is 0 Å². The van der Waals surface area contributed by atoms with Gasteiger partial charge in [-0.2, -0.15) is 0 Å². The molecule has 0 bridgehead atoms. The highest BCUT2D eigenvalue weighted by atomic mass is 16.3. The lowest BCUT2D eigenvalue weighted by Gasteiger charge is -2.13. The maximum absolute atomic E-state index is 10.7. The standard InChI is InChI=1S/C10H13O/c1-7-4-8(2)10(6-11)9(3)5-7/h4-5H,6H2,1-3H3/q-1. The van der Waals surface area contributed by atoms with Gasteiger partial charge in [-0.25, -0.2) is 0 Å². The lowest BCUT2D eigenvalue weighted by Crippen LogP contribution is -2.06. The Labute approximate surface area is 67.7 Å². The summed E-state index contributed by atoms with van der Waals surface area (Å²) >= 11 is 0. The number of hydrogen-bond acceptors (Lipinski definition) is 1. The first kappa shape index (κ1) is 8.28. The number of benzene rings is 1. The summed E-state index contributed by atoms with van der Waals surface area (Å²) in [6.45, 7) is 5.94. The van der Waals surface area contributed by atoms with Crippen LogP contribution in [0.25, 0.3) is 0 Å². The van der Waals surface area contributed by atoms with Gasteiger partial charge in [-0.05, 0) is 31.9 Å². The highest BCUT2D eigenvalue weighted by Crippen LogP contribution is 2.14. The van der Waals surface area contributed by atoms with Gasteiger partial charge in [0.05, 0.1) is 0 Å². The molecule has 1 nitrogen and oxygen atoms in total. The van der Waals surface area contributed by atoms with E-state index in [-0.39, 0.29) is 6.61 Å². The Morgan fingerprint density at radius 3 is 1.91 bits per heavy atom. The van der Waals surface area contributed by atoms with Crippen LogP contribution in [-0.2, 0) is 6.61 Å². The Hall–Kier alpha value is -0.820. The van der Waals surface area contributed by atoms with Gasteiger partial charge in [0.1, 0.15) is 0 Å². The molecule has 60 valence electrons. The monoisotopic (exact) mass is 149 g/mol. The predicted octanol–water partition coefficient (Wildman–Crippen LogP) is 1.47. The van der Waals surface area contributed by atoms with Crippen LogP contribution in [0.5, 0.6) is 0 Å². The van der Waals surface area contributed by atoms with Crippen molar-refractivity contribution in [1.29, 1.82) is 0 Å². The Morgan fingerprint density at radius 2 is 1.55 bits per heavy atom. The van der Waals surface area contributed by atoms with Crippen LogP contribution < -0.4 is 5.11 Å². The van der Waals surface area contributed by atoms with Crippen LogP contribution in [0.2, 0.25) is 0 Å². The first-order chi connectivity index (χ1) is 5.15. The van der Waals surface area contributed by atoms with E-state index in [1.54, 1.807) is 0 Å². The smallest absolute Gasteiger partial charge is 0.0395 e. The lowest BCUT2D eigenvalue weighted by molar-refractivity contribution is -0.386. The third-order valence-corrected chi connectivity index (χ3v) is 1.98. The van der Waals surface area contributed by atoms with Crippen LogP contribution in [0.15, 0.2) is 12.1 Å². The second kappa shape index (κ2) is 3.05. The molecule has 0 fully saturated rings. The normalized spacial score (nSPS) is 10.2. The molecule has 0 unspecified atom stereocenters. The molecule has 1 aromatic carbocycles. The van der Waals surface area contributed by atoms with E-state index in [1.807, 2.05) is 13.8 Å². The molecule has 11 heavy (non-hydrogen) atoms. The predicted molar refractivity (Wildman–Crippen MR) is 44.4 cm³/mol. The van der Waals surface area contributed by atoms with Crippen LogP contribution in [-0.4, -0.2) is 0 Å². The van der Waals surface area contributed by atoms with Gasteiger partial charge < -0.3 is 5.11 Å². The van der Waals surface area contributed by atoms with E-state index < -0.39 is 0 Å². The van der Waals surface area contributed by atoms with E-state index in [2.05, 4.69) is 19.1 Å². The Balaban J connectivity index is 3.25. The molecular formula is C10H13O-. The average molecular weight is 149 g/mol. The van der Waals surface area contributed by atoms with Gasteiger partial charge in [0.25, 0.3) is 0 Å². The van der Waals surface area contributed by atoms with Gasteiger partial charge in [0.15, 0.2) is 0 Å². The molecule has 0 saturated carbocycles. The van der Waals surface area contributed by atoms with Crippen molar-refractivity contribution in [3.63, 3.8) is 0 Å². The third-order valence-electron chi connectivity index (χ3n) is 1.98. The van der Waals surface area contributed by atoms with Crippen molar-refractivity contribution in [2.75, 3.05) is 0 Å². The van der Waals surface area contributed by atoms with Crippen molar-refractivity contribution in [3.8, 4) is 0 Å². The zero-order valence-corrected chi connectivity index (χ0v) is 7.27. The molecule has 0 N–H and O–H groups in total. The summed E-state index contributed by atoms with van der Waals surface area (Å²) in [5.41, 5.74) is 4.43. The summed E-state index contributed by atoms with van der Waals surface area (Å²) < 4.78 is 0. The average Bonchev–Trinajstić information content (AvgIpc) is 1.85. The molecule has 1 rings (SSSR count). The second-order valence-corrected chi connectivity index (χ2v) is 3.02. The molecule has 0 aromatic heterocycles. The van der Waals surface area contributed by atoms with Crippen LogP contribution in [0.3, 0.4) is 0 Å². The van der Waals surface area contributed by atoms with E-state index in [0.29, 0.717) is 0 Å². The van der Waals surface area contributed by atoms with Gasteiger partial charge in [-0.15, -0.1) is 6.61 Å². The minimum Gasteiger partial charge on any atom is -0.851 e. The molecule has 0 aliphatic heterocycles. The van der Waals surface area contributed by atoms with Crippen molar-refractivity contribution in [2.45, 2.75) is 27.4 Å². The van der Waals surface area contributed by atoms with Crippen LogP contribution >= 0.6 is 0 Å². The molecular weight excluding hydrogens is 136 g/mol. The maximum Gasteiger partial charge on any atom is -0.0395 e.